The highest BCUT2D eigenvalue weighted by Gasteiger charge is 2.17. The molecule has 4 heteroatoms. The molecule has 0 aliphatic rings. The Hall–Kier alpha value is -1.48. The number of halogens is 1. The van der Waals surface area contributed by atoms with Crippen LogP contribution in [0.15, 0.2) is 28.8 Å². The Kier molecular flexibility index (Phi) is 3.69. The van der Waals surface area contributed by atoms with Crippen LogP contribution in [0.3, 0.4) is 0 Å². The minimum atomic E-state index is 0.407. The van der Waals surface area contributed by atoms with Gasteiger partial charge in [-0.1, -0.05) is 48.3 Å². The molecule has 2 N–H and O–H groups in total. The zero-order valence-corrected chi connectivity index (χ0v) is 10.5. The standard InChI is InChI=1S/C13H15ClN2O/c1-2-3-8-11-12(13(15)16-17-11)9-6-4-5-7-10(9)14/h4-7H,2-3,8H2,1H3,(H2,15,16). The third kappa shape index (κ3) is 2.44. The highest BCUT2D eigenvalue weighted by atomic mass is 35.5. The Morgan fingerprint density at radius 3 is 2.82 bits per heavy atom. The van der Waals surface area contributed by atoms with Crippen LogP contribution in [0.2, 0.25) is 5.02 Å². The van der Waals surface area contributed by atoms with Gasteiger partial charge in [-0.3, -0.25) is 0 Å². The quantitative estimate of drug-likeness (QED) is 0.895. The molecule has 0 amide bonds. The number of hydrogen-bond donors (Lipinski definition) is 1. The second-order valence-corrected chi connectivity index (χ2v) is 4.36. The first-order valence-electron chi connectivity index (χ1n) is 5.73. The predicted octanol–water partition coefficient (Wildman–Crippen LogP) is 3.92. The molecule has 1 aromatic heterocycles. The van der Waals surface area contributed by atoms with Crippen LogP contribution >= 0.6 is 11.6 Å². The first-order chi connectivity index (χ1) is 8.24. The second-order valence-electron chi connectivity index (χ2n) is 3.95. The Bertz CT molecular complexity index is 508. The summed E-state index contributed by atoms with van der Waals surface area (Å²) in [6.45, 7) is 2.13. The lowest BCUT2D eigenvalue weighted by Gasteiger charge is -2.04. The van der Waals surface area contributed by atoms with E-state index in [1.165, 1.54) is 0 Å². The van der Waals surface area contributed by atoms with Crippen molar-refractivity contribution in [2.24, 2.45) is 0 Å². The molecule has 90 valence electrons. The summed E-state index contributed by atoms with van der Waals surface area (Å²) in [7, 11) is 0. The van der Waals surface area contributed by atoms with Crippen LogP contribution in [0.4, 0.5) is 5.82 Å². The van der Waals surface area contributed by atoms with Crippen LogP contribution in [0.1, 0.15) is 25.5 Å². The van der Waals surface area contributed by atoms with Crippen LogP contribution < -0.4 is 5.73 Å². The number of rotatable bonds is 4. The van der Waals surface area contributed by atoms with Crippen molar-refractivity contribution in [1.29, 1.82) is 0 Å². The highest BCUT2D eigenvalue weighted by molar-refractivity contribution is 6.33. The fraction of sp³-hybridized carbons (Fsp3) is 0.308. The van der Waals surface area contributed by atoms with Crippen LogP contribution in [0.5, 0.6) is 0 Å². The minimum absolute atomic E-state index is 0.407. The molecule has 0 fully saturated rings. The van der Waals surface area contributed by atoms with E-state index in [4.69, 9.17) is 21.9 Å². The number of hydrogen-bond acceptors (Lipinski definition) is 3. The van der Waals surface area contributed by atoms with Gasteiger partial charge in [0.05, 0.1) is 5.56 Å². The number of unbranched alkanes of at least 4 members (excludes halogenated alkanes) is 1. The molecule has 1 heterocycles. The summed E-state index contributed by atoms with van der Waals surface area (Å²) in [5.41, 5.74) is 7.58. The van der Waals surface area contributed by atoms with Crippen LogP contribution in [-0.2, 0) is 6.42 Å². The molecule has 3 nitrogen and oxygen atoms in total. The van der Waals surface area contributed by atoms with E-state index in [1.54, 1.807) is 0 Å². The van der Waals surface area contributed by atoms with E-state index in [2.05, 4.69) is 12.1 Å². The summed E-state index contributed by atoms with van der Waals surface area (Å²) in [6.07, 6.45) is 2.98. The number of benzene rings is 1. The van der Waals surface area contributed by atoms with Crippen molar-refractivity contribution >= 4 is 17.4 Å². The molecule has 0 aliphatic carbocycles. The van der Waals surface area contributed by atoms with Gasteiger partial charge in [-0.15, -0.1) is 0 Å². The number of aromatic nitrogens is 1. The molecule has 0 aliphatic heterocycles. The van der Waals surface area contributed by atoms with E-state index in [0.29, 0.717) is 10.8 Å². The summed E-state index contributed by atoms with van der Waals surface area (Å²) >= 11 is 6.17. The second kappa shape index (κ2) is 5.23. The van der Waals surface area contributed by atoms with Gasteiger partial charge in [0.15, 0.2) is 5.82 Å². The lowest BCUT2D eigenvalue weighted by Crippen LogP contribution is -1.91. The molecular weight excluding hydrogens is 236 g/mol. The van der Waals surface area contributed by atoms with Gasteiger partial charge < -0.3 is 10.3 Å². The molecular formula is C13H15ClN2O. The molecule has 0 atom stereocenters. The first kappa shape index (κ1) is 12.0. The Morgan fingerprint density at radius 1 is 1.35 bits per heavy atom. The number of nitrogens with zero attached hydrogens (tertiary/aromatic N) is 1. The lowest BCUT2D eigenvalue weighted by molar-refractivity contribution is 0.383. The van der Waals surface area contributed by atoms with Crippen molar-refractivity contribution in [2.75, 3.05) is 5.73 Å². The molecule has 2 aromatic rings. The van der Waals surface area contributed by atoms with E-state index in [0.717, 1.165) is 36.1 Å². The van der Waals surface area contributed by atoms with Crippen molar-refractivity contribution in [2.45, 2.75) is 26.2 Å². The molecule has 17 heavy (non-hydrogen) atoms. The van der Waals surface area contributed by atoms with E-state index in [9.17, 15) is 0 Å². The third-order valence-electron chi connectivity index (χ3n) is 2.69. The average molecular weight is 251 g/mol. The number of nitrogens with two attached hydrogens (primary N) is 1. The largest absolute Gasteiger partial charge is 0.380 e. The summed E-state index contributed by atoms with van der Waals surface area (Å²) < 4.78 is 5.27. The van der Waals surface area contributed by atoms with Gasteiger partial charge in [-0.2, -0.15) is 0 Å². The van der Waals surface area contributed by atoms with Gasteiger partial charge >= 0.3 is 0 Å². The van der Waals surface area contributed by atoms with E-state index >= 15 is 0 Å². The maximum absolute atomic E-state index is 6.17. The lowest BCUT2D eigenvalue weighted by atomic mass is 10.0. The smallest absolute Gasteiger partial charge is 0.175 e. The fourth-order valence-corrected chi connectivity index (χ4v) is 2.03. The minimum Gasteiger partial charge on any atom is -0.380 e. The fourth-order valence-electron chi connectivity index (χ4n) is 1.80. The van der Waals surface area contributed by atoms with Crippen molar-refractivity contribution < 1.29 is 4.52 Å². The number of nitrogen functional groups attached to an aromatic ring is 1. The molecule has 0 spiro atoms. The molecule has 0 unspecified atom stereocenters. The van der Waals surface area contributed by atoms with Gasteiger partial charge in [0, 0.05) is 17.0 Å². The molecule has 2 rings (SSSR count). The maximum Gasteiger partial charge on any atom is 0.175 e. The predicted molar refractivity (Wildman–Crippen MR) is 70.0 cm³/mol. The van der Waals surface area contributed by atoms with E-state index in [1.807, 2.05) is 24.3 Å². The van der Waals surface area contributed by atoms with Gasteiger partial charge in [-0.05, 0) is 12.5 Å². The topological polar surface area (TPSA) is 52.0 Å². The summed E-state index contributed by atoms with van der Waals surface area (Å²) in [6, 6.07) is 7.59. The highest BCUT2D eigenvalue weighted by Crippen LogP contribution is 2.35. The van der Waals surface area contributed by atoms with Crippen molar-refractivity contribution in [3.05, 3.63) is 35.0 Å². The van der Waals surface area contributed by atoms with E-state index in [-0.39, 0.29) is 0 Å². The van der Waals surface area contributed by atoms with Gasteiger partial charge in [0.2, 0.25) is 0 Å². The normalized spacial score (nSPS) is 10.7. The monoisotopic (exact) mass is 250 g/mol. The van der Waals surface area contributed by atoms with Crippen LogP contribution in [0.25, 0.3) is 11.1 Å². The van der Waals surface area contributed by atoms with Crippen molar-refractivity contribution in [1.82, 2.24) is 5.16 Å². The molecule has 0 saturated heterocycles. The van der Waals surface area contributed by atoms with Gasteiger partial charge in [-0.25, -0.2) is 0 Å². The number of anilines is 1. The molecule has 0 bridgehead atoms. The van der Waals surface area contributed by atoms with Gasteiger partial charge in [0.25, 0.3) is 0 Å². The summed E-state index contributed by atoms with van der Waals surface area (Å²) in [4.78, 5) is 0. The van der Waals surface area contributed by atoms with Gasteiger partial charge in [0.1, 0.15) is 5.76 Å². The average Bonchev–Trinajstić information content (AvgIpc) is 2.69. The van der Waals surface area contributed by atoms with E-state index < -0.39 is 0 Å². The molecule has 0 saturated carbocycles. The van der Waals surface area contributed by atoms with Crippen LogP contribution in [0, 0.1) is 0 Å². The summed E-state index contributed by atoms with van der Waals surface area (Å²) in [5, 5.41) is 4.50. The Labute approximate surface area is 106 Å². The Morgan fingerprint density at radius 2 is 2.12 bits per heavy atom. The summed E-state index contributed by atoms with van der Waals surface area (Å²) in [5.74, 6) is 1.22. The Balaban J connectivity index is 2.44. The first-order valence-corrected chi connectivity index (χ1v) is 6.10. The zero-order valence-electron chi connectivity index (χ0n) is 9.74. The van der Waals surface area contributed by atoms with Crippen LogP contribution in [-0.4, -0.2) is 5.16 Å². The maximum atomic E-state index is 6.17. The SMILES string of the molecule is CCCCc1onc(N)c1-c1ccccc1Cl. The third-order valence-corrected chi connectivity index (χ3v) is 3.02. The van der Waals surface area contributed by atoms with Crippen molar-refractivity contribution in [3.63, 3.8) is 0 Å². The molecule has 1 aromatic carbocycles. The number of aryl methyl sites for hydroxylation is 1. The molecule has 0 radical (unpaired) electrons. The zero-order chi connectivity index (χ0) is 12.3. The van der Waals surface area contributed by atoms with Crippen molar-refractivity contribution in [3.8, 4) is 11.1 Å².